The number of para-hydroxylation sites is 1. The number of hydrogen-bond acceptors (Lipinski definition) is 2. The molecule has 0 bridgehead atoms. The number of nitrogens with two attached hydrogens (primary N) is 1. The minimum Gasteiger partial charge on any atom is -0.382 e. The predicted octanol–water partition coefficient (Wildman–Crippen LogP) is 3.11. The molecule has 4 heteroatoms. The smallest absolute Gasteiger partial charge is 0.146 e. The van der Waals surface area contributed by atoms with Crippen molar-refractivity contribution >= 4 is 32.7 Å². The molecule has 88 valence electrons. The fourth-order valence-corrected chi connectivity index (χ4v) is 2.15. The molecule has 0 fully saturated rings. The fourth-order valence-electron chi connectivity index (χ4n) is 1.61. The molecular formula is C13H14BrN3. The first-order chi connectivity index (χ1) is 8.08. The number of halogens is 1. The minimum absolute atomic E-state index is 0.162. The van der Waals surface area contributed by atoms with Crippen LogP contribution in [0.1, 0.15) is 19.5 Å². The molecule has 0 aliphatic rings. The lowest BCUT2D eigenvalue weighted by Gasteiger charge is -2.07. The van der Waals surface area contributed by atoms with Gasteiger partial charge in [-0.2, -0.15) is 0 Å². The molecule has 0 radical (unpaired) electrons. The normalized spacial score (nSPS) is 12.4. The van der Waals surface area contributed by atoms with Gasteiger partial charge < -0.3 is 5.73 Å². The summed E-state index contributed by atoms with van der Waals surface area (Å²) < 4.78 is 0.873. The van der Waals surface area contributed by atoms with E-state index in [0.29, 0.717) is 11.5 Å². The van der Waals surface area contributed by atoms with Crippen LogP contribution in [0, 0.1) is 0 Å². The number of nitrogens with zero attached hydrogens (tertiary/aromatic N) is 2. The Kier molecular flexibility index (Phi) is 3.43. The van der Waals surface area contributed by atoms with Gasteiger partial charge in [0, 0.05) is 15.9 Å². The Balaban J connectivity index is 2.58. The van der Waals surface area contributed by atoms with Gasteiger partial charge in [0.15, 0.2) is 0 Å². The first-order valence-corrected chi connectivity index (χ1v) is 6.26. The zero-order valence-corrected chi connectivity index (χ0v) is 11.4. The number of pyridine rings is 1. The number of rotatable bonds is 2. The maximum absolute atomic E-state index is 5.95. The summed E-state index contributed by atoms with van der Waals surface area (Å²) in [5.41, 5.74) is 7.57. The van der Waals surface area contributed by atoms with Crippen LogP contribution in [0.5, 0.6) is 0 Å². The topological polar surface area (TPSA) is 51.3 Å². The van der Waals surface area contributed by atoms with Crippen LogP contribution < -0.4 is 5.73 Å². The molecule has 17 heavy (non-hydrogen) atoms. The van der Waals surface area contributed by atoms with E-state index >= 15 is 0 Å². The van der Waals surface area contributed by atoms with Gasteiger partial charge in [-0.05, 0) is 41.9 Å². The standard InChI is InChI=1S/C13H14BrN3/c1-8(2)16-13(15)12-10(14)7-9-5-3-4-6-11(9)17-12/h3-8H,1-2H3,(H2,15,16). The molecule has 1 aromatic carbocycles. The number of aliphatic imine (C=N–C) groups is 1. The third-order valence-corrected chi connectivity index (χ3v) is 2.92. The van der Waals surface area contributed by atoms with E-state index < -0.39 is 0 Å². The lowest BCUT2D eigenvalue weighted by molar-refractivity contribution is 0.833. The van der Waals surface area contributed by atoms with Crippen molar-refractivity contribution in [2.24, 2.45) is 10.7 Å². The molecule has 0 aliphatic carbocycles. The number of benzene rings is 1. The SMILES string of the molecule is CC(C)N=C(N)c1nc2ccccc2cc1Br. The third-order valence-electron chi connectivity index (χ3n) is 2.32. The van der Waals surface area contributed by atoms with Gasteiger partial charge in [0.05, 0.1) is 5.52 Å². The van der Waals surface area contributed by atoms with Crippen molar-refractivity contribution in [3.8, 4) is 0 Å². The molecule has 2 aromatic rings. The zero-order valence-electron chi connectivity index (χ0n) is 9.81. The van der Waals surface area contributed by atoms with E-state index in [1.807, 2.05) is 44.2 Å². The van der Waals surface area contributed by atoms with Crippen LogP contribution in [0.4, 0.5) is 0 Å². The van der Waals surface area contributed by atoms with Crippen molar-refractivity contribution in [1.82, 2.24) is 4.98 Å². The summed E-state index contributed by atoms with van der Waals surface area (Å²) in [4.78, 5) is 8.84. The molecule has 1 aromatic heterocycles. The van der Waals surface area contributed by atoms with E-state index in [0.717, 1.165) is 15.4 Å². The van der Waals surface area contributed by atoms with E-state index in [-0.39, 0.29) is 6.04 Å². The van der Waals surface area contributed by atoms with Crippen LogP contribution in [0.15, 0.2) is 39.8 Å². The predicted molar refractivity (Wildman–Crippen MR) is 75.3 cm³/mol. The molecule has 2 rings (SSSR count). The Labute approximate surface area is 109 Å². The average molecular weight is 292 g/mol. The van der Waals surface area contributed by atoms with E-state index in [1.165, 1.54) is 0 Å². The van der Waals surface area contributed by atoms with Crippen molar-refractivity contribution in [1.29, 1.82) is 0 Å². The number of amidine groups is 1. The average Bonchev–Trinajstić information content (AvgIpc) is 2.27. The van der Waals surface area contributed by atoms with Crippen molar-refractivity contribution in [3.05, 3.63) is 40.5 Å². The lowest BCUT2D eigenvalue weighted by atomic mass is 10.2. The van der Waals surface area contributed by atoms with Gasteiger partial charge in [-0.25, -0.2) is 4.98 Å². The van der Waals surface area contributed by atoms with Gasteiger partial charge in [-0.3, -0.25) is 4.99 Å². The van der Waals surface area contributed by atoms with Crippen LogP contribution in [-0.2, 0) is 0 Å². The van der Waals surface area contributed by atoms with Crippen LogP contribution in [0.25, 0.3) is 10.9 Å². The molecule has 0 unspecified atom stereocenters. The Morgan fingerprint density at radius 2 is 2.06 bits per heavy atom. The summed E-state index contributed by atoms with van der Waals surface area (Å²) in [7, 11) is 0. The zero-order chi connectivity index (χ0) is 12.4. The summed E-state index contributed by atoms with van der Waals surface area (Å²) in [6.07, 6.45) is 0. The molecule has 0 atom stereocenters. The summed E-state index contributed by atoms with van der Waals surface area (Å²) in [6.45, 7) is 3.98. The summed E-state index contributed by atoms with van der Waals surface area (Å²) in [6, 6.07) is 10.1. The summed E-state index contributed by atoms with van der Waals surface area (Å²) in [5, 5.41) is 1.08. The highest BCUT2D eigenvalue weighted by Crippen LogP contribution is 2.21. The minimum atomic E-state index is 0.162. The van der Waals surface area contributed by atoms with E-state index in [4.69, 9.17) is 5.73 Å². The van der Waals surface area contributed by atoms with Crippen molar-refractivity contribution in [2.45, 2.75) is 19.9 Å². The van der Waals surface area contributed by atoms with Gasteiger partial charge >= 0.3 is 0 Å². The summed E-state index contributed by atoms with van der Waals surface area (Å²) in [5.74, 6) is 0.470. The first-order valence-electron chi connectivity index (χ1n) is 5.47. The quantitative estimate of drug-likeness (QED) is 0.683. The van der Waals surface area contributed by atoms with E-state index in [1.54, 1.807) is 0 Å². The molecule has 1 heterocycles. The number of hydrogen-bond donors (Lipinski definition) is 1. The second kappa shape index (κ2) is 4.84. The van der Waals surface area contributed by atoms with Crippen LogP contribution >= 0.6 is 15.9 Å². The second-order valence-electron chi connectivity index (χ2n) is 4.12. The van der Waals surface area contributed by atoms with Gasteiger partial charge in [0.25, 0.3) is 0 Å². The van der Waals surface area contributed by atoms with Gasteiger partial charge in [0.2, 0.25) is 0 Å². The van der Waals surface area contributed by atoms with Gasteiger partial charge in [-0.1, -0.05) is 18.2 Å². The van der Waals surface area contributed by atoms with Crippen molar-refractivity contribution < 1.29 is 0 Å². The van der Waals surface area contributed by atoms with Crippen LogP contribution in [0.2, 0.25) is 0 Å². The molecule has 0 saturated heterocycles. The Morgan fingerprint density at radius 3 is 2.76 bits per heavy atom. The fraction of sp³-hybridized carbons (Fsp3) is 0.231. The molecule has 0 amide bonds. The third kappa shape index (κ3) is 2.64. The molecule has 0 saturated carbocycles. The van der Waals surface area contributed by atoms with E-state index in [2.05, 4.69) is 25.9 Å². The Morgan fingerprint density at radius 1 is 1.35 bits per heavy atom. The molecule has 3 nitrogen and oxygen atoms in total. The molecule has 2 N–H and O–H groups in total. The van der Waals surface area contributed by atoms with Crippen molar-refractivity contribution in [2.75, 3.05) is 0 Å². The first kappa shape index (κ1) is 12.0. The number of fused-ring (bicyclic) bond motifs is 1. The highest BCUT2D eigenvalue weighted by molar-refractivity contribution is 9.10. The molecule has 0 aliphatic heterocycles. The van der Waals surface area contributed by atoms with Crippen molar-refractivity contribution in [3.63, 3.8) is 0 Å². The molecular weight excluding hydrogens is 278 g/mol. The highest BCUT2D eigenvalue weighted by Gasteiger charge is 2.08. The lowest BCUT2D eigenvalue weighted by Crippen LogP contribution is -2.18. The maximum atomic E-state index is 5.95. The van der Waals surface area contributed by atoms with Crippen LogP contribution in [-0.4, -0.2) is 16.9 Å². The Bertz CT molecular complexity index is 576. The largest absolute Gasteiger partial charge is 0.382 e. The highest BCUT2D eigenvalue weighted by atomic mass is 79.9. The summed E-state index contributed by atoms with van der Waals surface area (Å²) >= 11 is 3.48. The molecule has 0 spiro atoms. The van der Waals surface area contributed by atoms with Gasteiger partial charge in [-0.15, -0.1) is 0 Å². The maximum Gasteiger partial charge on any atom is 0.146 e. The number of aromatic nitrogens is 1. The monoisotopic (exact) mass is 291 g/mol. The second-order valence-corrected chi connectivity index (χ2v) is 4.97. The van der Waals surface area contributed by atoms with E-state index in [9.17, 15) is 0 Å². The van der Waals surface area contributed by atoms with Gasteiger partial charge in [0.1, 0.15) is 11.5 Å². The Hall–Kier alpha value is -1.42. The van der Waals surface area contributed by atoms with Crippen LogP contribution in [0.3, 0.4) is 0 Å².